The highest BCUT2D eigenvalue weighted by Crippen LogP contribution is 2.09. The van der Waals surface area contributed by atoms with Crippen molar-refractivity contribution in [3.8, 4) is 0 Å². The van der Waals surface area contributed by atoms with Crippen LogP contribution in [0.5, 0.6) is 0 Å². The Hall–Kier alpha value is -2.71. The average Bonchev–Trinajstić information content (AvgIpc) is 3.11. The molecule has 0 aliphatic heterocycles. The van der Waals surface area contributed by atoms with E-state index in [0.717, 1.165) is 10.1 Å². The number of hydrogen-bond acceptors (Lipinski definition) is 4. The number of halogens is 1. The molecule has 0 amide bonds. The molecule has 0 atom stereocenters. The summed E-state index contributed by atoms with van der Waals surface area (Å²) in [4.78, 5) is 28.3. The highest BCUT2D eigenvalue weighted by molar-refractivity contribution is 5.70. The summed E-state index contributed by atoms with van der Waals surface area (Å²) in [7, 11) is 3.00. The van der Waals surface area contributed by atoms with Crippen LogP contribution in [0.3, 0.4) is 0 Å². The highest BCUT2D eigenvalue weighted by Gasteiger charge is 2.14. The normalized spacial score (nSPS) is 11.4. The molecule has 0 aliphatic carbocycles. The molecule has 0 saturated heterocycles. The lowest BCUT2D eigenvalue weighted by molar-refractivity contribution is 0.427. The zero-order valence-corrected chi connectivity index (χ0v) is 12.2. The van der Waals surface area contributed by atoms with Crippen molar-refractivity contribution in [1.29, 1.82) is 0 Å². The Labute approximate surface area is 124 Å². The first-order chi connectivity index (χ1) is 10.5. The summed E-state index contributed by atoms with van der Waals surface area (Å²) in [5.74, 6) is 0. The number of fused-ring (bicyclic) bond motifs is 1. The lowest BCUT2D eigenvalue weighted by Crippen LogP contribution is -2.37. The molecule has 0 radical (unpaired) electrons. The molecule has 3 rings (SSSR count). The molecule has 9 heteroatoms. The van der Waals surface area contributed by atoms with E-state index in [1.54, 1.807) is 24.0 Å². The Morgan fingerprint density at radius 3 is 2.73 bits per heavy atom. The lowest BCUT2D eigenvalue weighted by Gasteiger charge is -2.05. The average molecular weight is 306 g/mol. The van der Waals surface area contributed by atoms with Crippen LogP contribution in [-0.2, 0) is 27.2 Å². The van der Waals surface area contributed by atoms with Crippen molar-refractivity contribution in [2.24, 2.45) is 14.1 Å². The van der Waals surface area contributed by atoms with Gasteiger partial charge in [0.25, 0.3) is 5.56 Å². The van der Waals surface area contributed by atoms with Crippen molar-refractivity contribution in [3.05, 3.63) is 45.1 Å². The molecular weight excluding hydrogens is 291 g/mol. The number of aryl methyl sites for hydroxylation is 2. The van der Waals surface area contributed by atoms with Crippen LogP contribution in [0.1, 0.15) is 5.56 Å². The highest BCUT2D eigenvalue weighted by atomic mass is 19.1. The molecule has 0 spiro atoms. The second kappa shape index (κ2) is 5.24. The van der Waals surface area contributed by atoms with Crippen LogP contribution in [0.4, 0.5) is 4.39 Å². The zero-order chi connectivity index (χ0) is 15.9. The van der Waals surface area contributed by atoms with Gasteiger partial charge in [-0.15, -0.1) is 0 Å². The number of aromatic nitrogens is 6. The fourth-order valence-electron chi connectivity index (χ4n) is 2.41. The summed E-state index contributed by atoms with van der Waals surface area (Å²) in [5.41, 5.74) is 0.695. The zero-order valence-electron chi connectivity index (χ0n) is 12.2. The van der Waals surface area contributed by atoms with Crippen molar-refractivity contribution >= 4 is 11.2 Å². The van der Waals surface area contributed by atoms with Crippen molar-refractivity contribution < 1.29 is 4.39 Å². The Kier molecular flexibility index (Phi) is 3.39. The molecule has 22 heavy (non-hydrogen) atoms. The maximum Gasteiger partial charge on any atom is 0.332 e. The van der Waals surface area contributed by atoms with E-state index >= 15 is 0 Å². The third-order valence-corrected chi connectivity index (χ3v) is 3.57. The topological polar surface area (TPSA) is 79.6 Å². The maximum absolute atomic E-state index is 12.3. The van der Waals surface area contributed by atoms with Crippen LogP contribution in [0.15, 0.2) is 28.3 Å². The minimum atomic E-state index is -0.488. The number of hydrogen-bond donors (Lipinski definition) is 0. The summed E-state index contributed by atoms with van der Waals surface area (Å²) in [6.07, 6.45) is 4.85. The summed E-state index contributed by atoms with van der Waals surface area (Å²) in [6.45, 7) is 0.0783. The monoisotopic (exact) mass is 306 g/mol. The number of nitrogens with zero attached hydrogens (tertiary/aromatic N) is 6. The third kappa shape index (κ3) is 2.14. The predicted molar refractivity (Wildman–Crippen MR) is 77.5 cm³/mol. The molecule has 0 aromatic carbocycles. The van der Waals surface area contributed by atoms with E-state index in [9.17, 15) is 14.0 Å². The summed E-state index contributed by atoms with van der Waals surface area (Å²) in [6, 6.07) is 0. The van der Waals surface area contributed by atoms with Gasteiger partial charge in [0.2, 0.25) is 0 Å². The predicted octanol–water partition coefficient (Wildman–Crippen LogP) is -0.352. The van der Waals surface area contributed by atoms with E-state index in [4.69, 9.17) is 0 Å². The summed E-state index contributed by atoms with van der Waals surface area (Å²) in [5, 5.41) is 4.04. The van der Waals surface area contributed by atoms with Gasteiger partial charge in [-0.05, 0) is 0 Å². The molecule has 3 heterocycles. The van der Waals surface area contributed by atoms with Crippen LogP contribution in [-0.4, -0.2) is 35.1 Å². The van der Waals surface area contributed by atoms with Gasteiger partial charge in [-0.3, -0.25) is 18.6 Å². The molecule has 8 nitrogen and oxygen atoms in total. The van der Waals surface area contributed by atoms with Gasteiger partial charge in [-0.2, -0.15) is 5.10 Å². The third-order valence-electron chi connectivity index (χ3n) is 3.57. The van der Waals surface area contributed by atoms with Crippen LogP contribution < -0.4 is 11.2 Å². The molecule has 0 unspecified atom stereocenters. The van der Waals surface area contributed by atoms with Crippen molar-refractivity contribution in [3.63, 3.8) is 0 Å². The van der Waals surface area contributed by atoms with Crippen LogP contribution in [0.25, 0.3) is 11.2 Å². The van der Waals surface area contributed by atoms with Gasteiger partial charge >= 0.3 is 5.69 Å². The standard InChI is InChI=1S/C13H15FN6O2/c1-17-11-10(12(21)18(2)13(17)22)19(8-15-11)6-9-5-16-20(7-9)4-3-14/h5,7-8H,3-4,6H2,1-2H3. The molecule has 0 fully saturated rings. The van der Waals surface area contributed by atoms with Gasteiger partial charge in [0.05, 0.1) is 25.6 Å². The van der Waals surface area contributed by atoms with E-state index in [-0.39, 0.29) is 6.54 Å². The molecule has 3 aromatic heterocycles. The number of imidazole rings is 1. The van der Waals surface area contributed by atoms with Crippen molar-refractivity contribution in [2.45, 2.75) is 13.1 Å². The quantitative estimate of drug-likeness (QED) is 0.660. The van der Waals surface area contributed by atoms with Crippen molar-refractivity contribution in [2.75, 3.05) is 6.67 Å². The largest absolute Gasteiger partial charge is 0.332 e. The first kappa shape index (κ1) is 14.2. The second-order valence-corrected chi connectivity index (χ2v) is 5.05. The Balaban J connectivity index is 2.08. The van der Waals surface area contributed by atoms with Gasteiger partial charge < -0.3 is 4.57 Å². The van der Waals surface area contributed by atoms with Crippen LogP contribution in [0.2, 0.25) is 0 Å². The Morgan fingerprint density at radius 1 is 1.23 bits per heavy atom. The van der Waals surface area contributed by atoms with E-state index in [1.807, 2.05) is 0 Å². The lowest BCUT2D eigenvalue weighted by atomic mass is 10.3. The van der Waals surface area contributed by atoms with E-state index in [2.05, 4.69) is 10.1 Å². The van der Waals surface area contributed by atoms with Gasteiger partial charge in [0.1, 0.15) is 6.67 Å². The maximum atomic E-state index is 12.3. The fourth-order valence-corrected chi connectivity index (χ4v) is 2.41. The minimum Gasteiger partial charge on any atom is -0.320 e. The van der Waals surface area contributed by atoms with E-state index in [0.29, 0.717) is 17.7 Å². The second-order valence-electron chi connectivity index (χ2n) is 5.05. The van der Waals surface area contributed by atoms with Gasteiger partial charge in [-0.25, -0.2) is 14.2 Å². The molecule has 0 saturated carbocycles. The van der Waals surface area contributed by atoms with E-state index in [1.165, 1.54) is 22.6 Å². The Bertz CT molecular complexity index is 948. The first-order valence-electron chi connectivity index (χ1n) is 6.71. The Morgan fingerprint density at radius 2 is 2.00 bits per heavy atom. The van der Waals surface area contributed by atoms with E-state index < -0.39 is 17.9 Å². The molecule has 0 bridgehead atoms. The number of rotatable bonds is 4. The van der Waals surface area contributed by atoms with Gasteiger partial charge in [0, 0.05) is 25.9 Å². The van der Waals surface area contributed by atoms with Crippen molar-refractivity contribution in [1.82, 2.24) is 28.5 Å². The molecule has 116 valence electrons. The molecular formula is C13H15FN6O2. The SMILES string of the molecule is Cn1c(=O)c2c(ncn2Cc2cnn(CCF)c2)n(C)c1=O. The first-order valence-corrected chi connectivity index (χ1v) is 6.71. The molecule has 0 aliphatic rings. The van der Waals surface area contributed by atoms with Gasteiger partial charge in [0.15, 0.2) is 11.2 Å². The number of alkyl halides is 1. The smallest absolute Gasteiger partial charge is 0.320 e. The minimum absolute atomic E-state index is 0.195. The van der Waals surface area contributed by atoms with Gasteiger partial charge in [-0.1, -0.05) is 0 Å². The van der Waals surface area contributed by atoms with Crippen LogP contribution >= 0.6 is 0 Å². The summed E-state index contributed by atoms with van der Waals surface area (Å²) < 4.78 is 17.8. The molecule has 3 aromatic rings. The summed E-state index contributed by atoms with van der Waals surface area (Å²) >= 11 is 0. The molecule has 0 N–H and O–H groups in total. The fraction of sp³-hybridized carbons (Fsp3) is 0.385. The van der Waals surface area contributed by atoms with Crippen LogP contribution in [0, 0.1) is 0 Å².